The molecular weight excluding hydrogens is 248 g/mol. The number of benzene rings is 1. The summed E-state index contributed by atoms with van der Waals surface area (Å²) in [5, 5.41) is 20.3. The van der Waals surface area contributed by atoms with Crippen LogP contribution in [-0.2, 0) is 4.79 Å². The largest absolute Gasteiger partial charge is 0.502 e. The van der Waals surface area contributed by atoms with Crippen LogP contribution >= 0.6 is 0 Å². The Labute approximate surface area is 110 Å². The van der Waals surface area contributed by atoms with Gasteiger partial charge < -0.3 is 10.0 Å². The van der Waals surface area contributed by atoms with Crippen molar-refractivity contribution in [2.45, 2.75) is 32.2 Å². The molecule has 1 aliphatic rings. The number of carbonyl (C=O) groups is 1. The van der Waals surface area contributed by atoms with E-state index in [0.717, 1.165) is 24.8 Å². The van der Waals surface area contributed by atoms with E-state index < -0.39 is 4.92 Å². The summed E-state index contributed by atoms with van der Waals surface area (Å²) in [6.07, 6.45) is 2.79. The summed E-state index contributed by atoms with van der Waals surface area (Å²) in [5.41, 5.74) is 0.437. The first-order valence-electron chi connectivity index (χ1n) is 6.25. The van der Waals surface area contributed by atoms with Gasteiger partial charge >= 0.3 is 5.69 Å². The Hall–Kier alpha value is -2.11. The second-order valence-corrected chi connectivity index (χ2v) is 4.73. The van der Waals surface area contributed by atoms with Gasteiger partial charge in [-0.25, -0.2) is 0 Å². The zero-order valence-corrected chi connectivity index (χ0v) is 10.7. The van der Waals surface area contributed by atoms with Crippen LogP contribution in [-0.4, -0.2) is 27.4 Å². The van der Waals surface area contributed by atoms with Crippen LogP contribution in [0.2, 0.25) is 0 Å². The number of amides is 1. The molecule has 1 aromatic rings. The lowest BCUT2D eigenvalue weighted by Crippen LogP contribution is -2.36. The van der Waals surface area contributed by atoms with Crippen molar-refractivity contribution >= 4 is 11.6 Å². The summed E-state index contributed by atoms with van der Waals surface area (Å²) in [6.45, 7) is 2.21. The van der Waals surface area contributed by atoms with Crippen LogP contribution in [0, 0.1) is 10.1 Å². The average Bonchev–Trinajstić information content (AvgIpc) is 2.38. The molecule has 0 aliphatic carbocycles. The van der Waals surface area contributed by atoms with Crippen LogP contribution in [0.3, 0.4) is 0 Å². The molecule has 1 unspecified atom stereocenters. The average molecular weight is 264 g/mol. The third-order valence-electron chi connectivity index (χ3n) is 3.49. The number of rotatable bonds is 2. The first-order valence-corrected chi connectivity index (χ1v) is 6.25. The second-order valence-electron chi connectivity index (χ2n) is 4.73. The fourth-order valence-corrected chi connectivity index (χ4v) is 2.56. The van der Waals surface area contributed by atoms with Crippen LogP contribution in [0.15, 0.2) is 18.2 Å². The van der Waals surface area contributed by atoms with Gasteiger partial charge in [0.25, 0.3) is 0 Å². The summed E-state index contributed by atoms with van der Waals surface area (Å²) >= 11 is 0. The number of aromatic hydroxyl groups is 1. The molecule has 19 heavy (non-hydrogen) atoms. The molecule has 102 valence electrons. The second kappa shape index (κ2) is 5.26. The molecule has 0 saturated carbocycles. The highest BCUT2D eigenvalue weighted by atomic mass is 16.6. The monoisotopic (exact) mass is 264 g/mol. The number of nitro groups is 1. The van der Waals surface area contributed by atoms with E-state index >= 15 is 0 Å². The third kappa shape index (κ3) is 2.67. The molecule has 1 amide bonds. The topological polar surface area (TPSA) is 83.7 Å². The molecule has 1 N–H and O–H groups in total. The zero-order valence-electron chi connectivity index (χ0n) is 10.7. The van der Waals surface area contributed by atoms with Gasteiger partial charge in [-0.1, -0.05) is 0 Å². The van der Waals surface area contributed by atoms with E-state index in [2.05, 4.69) is 0 Å². The minimum atomic E-state index is -0.622. The highest BCUT2D eigenvalue weighted by molar-refractivity contribution is 5.74. The number of phenolic OH excluding ortho intramolecular Hbond substituents is 1. The first-order chi connectivity index (χ1) is 9.00. The van der Waals surface area contributed by atoms with Crippen LogP contribution in [0.5, 0.6) is 5.75 Å². The molecule has 0 bridgehead atoms. The van der Waals surface area contributed by atoms with E-state index in [-0.39, 0.29) is 23.4 Å². The summed E-state index contributed by atoms with van der Waals surface area (Å²) in [4.78, 5) is 23.4. The molecule has 2 rings (SSSR count). The van der Waals surface area contributed by atoms with Gasteiger partial charge in [-0.05, 0) is 37.0 Å². The maximum Gasteiger partial charge on any atom is 0.310 e. The number of phenols is 1. The Bertz CT molecular complexity index is 515. The van der Waals surface area contributed by atoms with Crippen molar-refractivity contribution in [1.82, 2.24) is 4.90 Å². The number of nitro benzene ring substituents is 1. The number of piperidine rings is 1. The molecule has 1 heterocycles. The zero-order chi connectivity index (χ0) is 14.0. The van der Waals surface area contributed by atoms with Crippen LogP contribution in [0.1, 0.15) is 37.8 Å². The van der Waals surface area contributed by atoms with Crippen molar-refractivity contribution in [2.24, 2.45) is 0 Å². The van der Waals surface area contributed by atoms with Gasteiger partial charge in [-0.3, -0.25) is 14.9 Å². The summed E-state index contributed by atoms with van der Waals surface area (Å²) in [5.74, 6) is -0.362. The van der Waals surface area contributed by atoms with Crippen LogP contribution in [0.4, 0.5) is 5.69 Å². The van der Waals surface area contributed by atoms with Gasteiger partial charge in [0.05, 0.1) is 11.0 Å². The van der Waals surface area contributed by atoms with E-state index in [1.54, 1.807) is 11.0 Å². The standard InChI is InChI=1S/C13H16N2O4/c1-9(16)14-7-3-2-4-11(14)10-5-6-12(15(18)19)13(17)8-10/h5-6,8,11,17H,2-4,7H2,1H3. The van der Waals surface area contributed by atoms with E-state index in [1.165, 1.54) is 19.1 Å². The van der Waals surface area contributed by atoms with Crippen molar-refractivity contribution in [3.05, 3.63) is 33.9 Å². The van der Waals surface area contributed by atoms with Crippen LogP contribution in [0.25, 0.3) is 0 Å². The molecular formula is C13H16N2O4. The fraction of sp³-hybridized carbons (Fsp3) is 0.462. The molecule has 1 saturated heterocycles. The lowest BCUT2D eigenvalue weighted by Gasteiger charge is -2.35. The minimum absolute atomic E-state index is 0.0115. The fourth-order valence-electron chi connectivity index (χ4n) is 2.56. The number of hydrogen-bond donors (Lipinski definition) is 1. The predicted molar refractivity (Wildman–Crippen MR) is 68.7 cm³/mol. The predicted octanol–water partition coefficient (Wildman–Crippen LogP) is 2.37. The van der Waals surface area contributed by atoms with E-state index in [9.17, 15) is 20.0 Å². The Morgan fingerprint density at radius 3 is 2.79 bits per heavy atom. The Morgan fingerprint density at radius 1 is 1.47 bits per heavy atom. The Balaban J connectivity index is 2.32. The number of carbonyl (C=O) groups excluding carboxylic acids is 1. The molecule has 6 heteroatoms. The number of hydrogen-bond acceptors (Lipinski definition) is 4. The molecule has 1 atom stereocenters. The molecule has 1 aromatic carbocycles. The van der Waals surface area contributed by atoms with Gasteiger partial charge in [0.1, 0.15) is 0 Å². The maximum atomic E-state index is 11.6. The van der Waals surface area contributed by atoms with Gasteiger partial charge in [-0.2, -0.15) is 0 Å². The minimum Gasteiger partial charge on any atom is -0.502 e. The third-order valence-corrected chi connectivity index (χ3v) is 3.49. The van der Waals surface area contributed by atoms with Crippen molar-refractivity contribution in [1.29, 1.82) is 0 Å². The lowest BCUT2D eigenvalue weighted by atomic mass is 9.95. The summed E-state index contributed by atoms with van der Waals surface area (Å²) in [7, 11) is 0. The van der Waals surface area contributed by atoms with Gasteiger partial charge in [0.2, 0.25) is 5.91 Å². The molecule has 0 aromatic heterocycles. The molecule has 1 aliphatic heterocycles. The SMILES string of the molecule is CC(=O)N1CCCCC1c1ccc([N+](=O)[O-])c(O)c1. The normalized spacial score (nSPS) is 19.2. The smallest absolute Gasteiger partial charge is 0.310 e. The molecule has 0 spiro atoms. The highest BCUT2D eigenvalue weighted by Gasteiger charge is 2.27. The van der Waals surface area contributed by atoms with Crippen molar-refractivity contribution < 1.29 is 14.8 Å². The molecule has 0 radical (unpaired) electrons. The summed E-state index contributed by atoms with van der Waals surface area (Å²) in [6, 6.07) is 4.20. The Morgan fingerprint density at radius 2 is 2.21 bits per heavy atom. The van der Waals surface area contributed by atoms with Gasteiger partial charge in [0.15, 0.2) is 5.75 Å². The number of likely N-dealkylation sites (tertiary alicyclic amines) is 1. The first kappa shape index (κ1) is 13.3. The van der Waals surface area contributed by atoms with Crippen molar-refractivity contribution in [3.8, 4) is 5.75 Å². The van der Waals surface area contributed by atoms with Gasteiger partial charge in [-0.15, -0.1) is 0 Å². The molecule has 6 nitrogen and oxygen atoms in total. The van der Waals surface area contributed by atoms with Crippen molar-refractivity contribution in [2.75, 3.05) is 6.54 Å². The quantitative estimate of drug-likeness (QED) is 0.656. The summed E-state index contributed by atoms with van der Waals surface area (Å²) < 4.78 is 0. The maximum absolute atomic E-state index is 11.6. The van der Waals surface area contributed by atoms with E-state index in [1.807, 2.05) is 0 Å². The lowest BCUT2D eigenvalue weighted by molar-refractivity contribution is -0.385. The number of nitrogens with zero attached hydrogens (tertiary/aromatic N) is 2. The van der Waals surface area contributed by atoms with E-state index in [0.29, 0.717) is 6.54 Å². The Kier molecular flexibility index (Phi) is 3.69. The molecule has 1 fully saturated rings. The van der Waals surface area contributed by atoms with Gasteiger partial charge in [0, 0.05) is 19.5 Å². The van der Waals surface area contributed by atoms with Crippen molar-refractivity contribution in [3.63, 3.8) is 0 Å². The highest BCUT2D eigenvalue weighted by Crippen LogP contribution is 2.35. The van der Waals surface area contributed by atoms with E-state index in [4.69, 9.17) is 0 Å². The van der Waals surface area contributed by atoms with Crippen LogP contribution < -0.4 is 0 Å².